The molecule has 2 aromatic heterocycles. The van der Waals surface area contributed by atoms with Crippen LogP contribution in [0.1, 0.15) is 44.8 Å². The molecule has 8 heteroatoms. The number of carbonyl (C=O) groups excluding carboxylic acids is 2. The van der Waals surface area contributed by atoms with Gasteiger partial charge in [-0.15, -0.1) is 10.2 Å². The Kier molecular flexibility index (Phi) is 4.51. The predicted octanol–water partition coefficient (Wildman–Crippen LogP) is 2.37. The lowest BCUT2D eigenvalue weighted by atomic mass is 10.0. The highest BCUT2D eigenvalue weighted by molar-refractivity contribution is 6.05. The summed E-state index contributed by atoms with van der Waals surface area (Å²) in [6, 6.07) is 8.66. The van der Waals surface area contributed by atoms with Crippen molar-refractivity contribution >= 4 is 17.3 Å². The van der Waals surface area contributed by atoms with E-state index in [9.17, 15) is 14.7 Å². The van der Waals surface area contributed by atoms with Crippen molar-refractivity contribution < 1.29 is 19.1 Å². The standard InChI is InChI=1S/C17H14N4O4/c1-10(22)12-4-2-11(3-5-12)8-16-13(6-7-25-16)14(23)9-15(24)17-18-20-21-19-17/h2-7,9,23H,8H2,1H3,(H,18,19,20,21). The maximum Gasteiger partial charge on any atom is 0.244 e. The molecule has 3 aromatic rings. The SMILES string of the molecule is CC(=O)c1ccc(Cc2occc2C(O)=CC(=O)c2nn[nH]n2)cc1. The summed E-state index contributed by atoms with van der Waals surface area (Å²) in [5.41, 5.74) is 1.92. The molecule has 126 valence electrons. The number of allylic oxidation sites excluding steroid dienone is 1. The number of furan rings is 1. The first-order chi connectivity index (χ1) is 12.0. The molecule has 0 fully saturated rings. The molecule has 0 saturated carbocycles. The first-order valence-electron chi connectivity index (χ1n) is 7.39. The van der Waals surface area contributed by atoms with Gasteiger partial charge < -0.3 is 9.52 Å². The van der Waals surface area contributed by atoms with Gasteiger partial charge in [0.25, 0.3) is 0 Å². The zero-order chi connectivity index (χ0) is 17.8. The van der Waals surface area contributed by atoms with E-state index < -0.39 is 5.78 Å². The molecule has 8 nitrogen and oxygen atoms in total. The molecule has 0 amide bonds. The smallest absolute Gasteiger partial charge is 0.244 e. The highest BCUT2D eigenvalue weighted by atomic mass is 16.3. The molecule has 0 aliphatic rings. The first-order valence-corrected chi connectivity index (χ1v) is 7.39. The number of nitrogens with zero attached hydrogens (tertiary/aromatic N) is 3. The Hall–Kier alpha value is -3.55. The lowest BCUT2D eigenvalue weighted by molar-refractivity contribution is 0.101. The van der Waals surface area contributed by atoms with Crippen LogP contribution in [0, 0.1) is 0 Å². The molecule has 0 atom stereocenters. The Labute approximate surface area is 142 Å². The van der Waals surface area contributed by atoms with Gasteiger partial charge in [0.15, 0.2) is 5.78 Å². The van der Waals surface area contributed by atoms with E-state index in [0.717, 1.165) is 11.6 Å². The van der Waals surface area contributed by atoms with Crippen LogP contribution in [0.5, 0.6) is 0 Å². The van der Waals surface area contributed by atoms with E-state index in [1.807, 2.05) is 12.1 Å². The first kappa shape index (κ1) is 16.3. The third kappa shape index (κ3) is 3.69. The average molecular weight is 338 g/mol. The van der Waals surface area contributed by atoms with Crippen LogP contribution in [-0.2, 0) is 6.42 Å². The molecule has 25 heavy (non-hydrogen) atoms. The molecule has 0 aliphatic carbocycles. The number of aliphatic hydroxyl groups excluding tert-OH is 1. The summed E-state index contributed by atoms with van der Waals surface area (Å²) in [5.74, 6) is -0.490. The number of aromatic amines is 1. The van der Waals surface area contributed by atoms with Crippen LogP contribution in [0.3, 0.4) is 0 Å². The van der Waals surface area contributed by atoms with Gasteiger partial charge in [0.2, 0.25) is 11.6 Å². The maximum absolute atomic E-state index is 11.9. The van der Waals surface area contributed by atoms with Crippen LogP contribution in [0.2, 0.25) is 0 Å². The molecular weight excluding hydrogens is 324 g/mol. The predicted molar refractivity (Wildman–Crippen MR) is 87.1 cm³/mol. The summed E-state index contributed by atoms with van der Waals surface area (Å²) in [7, 11) is 0. The number of ketones is 2. The van der Waals surface area contributed by atoms with Gasteiger partial charge in [-0.25, -0.2) is 0 Å². The minimum atomic E-state index is -0.579. The Morgan fingerprint density at radius 1 is 1.24 bits per heavy atom. The number of benzene rings is 1. The summed E-state index contributed by atoms with van der Waals surface area (Å²) < 4.78 is 5.41. The third-order valence-corrected chi connectivity index (χ3v) is 3.58. The van der Waals surface area contributed by atoms with Crippen molar-refractivity contribution in [1.82, 2.24) is 20.6 Å². The van der Waals surface area contributed by atoms with Gasteiger partial charge in [-0.3, -0.25) is 9.59 Å². The molecule has 0 bridgehead atoms. The van der Waals surface area contributed by atoms with Crippen molar-refractivity contribution in [1.29, 1.82) is 0 Å². The number of carbonyl (C=O) groups is 2. The van der Waals surface area contributed by atoms with Crippen molar-refractivity contribution in [3.8, 4) is 0 Å². The molecule has 1 aromatic carbocycles. The van der Waals surface area contributed by atoms with Crippen LogP contribution < -0.4 is 0 Å². The van der Waals surface area contributed by atoms with Crippen LogP contribution in [0.4, 0.5) is 0 Å². The van der Waals surface area contributed by atoms with Gasteiger partial charge in [0, 0.05) is 18.1 Å². The number of nitrogens with one attached hydrogen (secondary N) is 1. The van der Waals surface area contributed by atoms with E-state index in [0.29, 0.717) is 23.3 Å². The van der Waals surface area contributed by atoms with E-state index in [4.69, 9.17) is 4.42 Å². The molecular formula is C17H14N4O4. The minimum Gasteiger partial charge on any atom is -0.507 e. The monoisotopic (exact) mass is 338 g/mol. The molecule has 2 heterocycles. The van der Waals surface area contributed by atoms with Gasteiger partial charge in [-0.1, -0.05) is 24.3 Å². The van der Waals surface area contributed by atoms with E-state index in [1.165, 1.54) is 13.2 Å². The largest absolute Gasteiger partial charge is 0.507 e. The number of H-pyrrole nitrogens is 1. The second-order valence-corrected chi connectivity index (χ2v) is 5.32. The van der Waals surface area contributed by atoms with E-state index in [2.05, 4.69) is 20.6 Å². The summed E-state index contributed by atoms with van der Waals surface area (Å²) in [4.78, 5) is 23.2. The average Bonchev–Trinajstić information content (AvgIpc) is 3.27. The summed E-state index contributed by atoms with van der Waals surface area (Å²) in [5, 5.41) is 22.8. The fraction of sp³-hybridized carbons (Fsp3) is 0.118. The second kappa shape index (κ2) is 6.91. The number of hydrogen-bond acceptors (Lipinski definition) is 7. The topological polar surface area (TPSA) is 122 Å². The highest BCUT2D eigenvalue weighted by Gasteiger charge is 2.15. The van der Waals surface area contributed by atoms with Gasteiger partial charge in [-0.2, -0.15) is 5.21 Å². The highest BCUT2D eigenvalue weighted by Crippen LogP contribution is 2.22. The van der Waals surface area contributed by atoms with Crippen LogP contribution in [-0.4, -0.2) is 37.3 Å². The number of aliphatic hydroxyl groups is 1. The van der Waals surface area contributed by atoms with Crippen molar-refractivity contribution in [2.75, 3.05) is 0 Å². The van der Waals surface area contributed by atoms with E-state index in [1.54, 1.807) is 18.2 Å². The molecule has 0 aliphatic heterocycles. The second-order valence-electron chi connectivity index (χ2n) is 5.32. The molecule has 0 spiro atoms. The normalized spacial score (nSPS) is 11.5. The third-order valence-electron chi connectivity index (χ3n) is 3.58. The number of rotatable bonds is 6. The van der Waals surface area contributed by atoms with Crippen LogP contribution in [0.25, 0.3) is 5.76 Å². The van der Waals surface area contributed by atoms with Gasteiger partial charge in [0.05, 0.1) is 11.8 Å². The van der Waals surface area contributed by atoms with Crippen molar-refractivity contribution in [2.24, 2.45) is 0 Å². The Morgan fingerprint density at radius 3 is 2.64 bits per heavy atom. The number of hydrogen-bond donors (Lipinski definition) is 2. The molecule has 0 radical (unpaired) electrons. The Bertz CT molecular complexity index is 924. The minimum absolute atomic E-state index is 0.00852. The van der Waals surface area contributed by atoms with E-state index in [-0.39, 0.29) is 17.4 Å². The zero-order valence-corrected chi connectivity index (χ0v) is 13.3. The van der Waals surface area contributed by atoms with Crippen LogP contribution >= 0.6 is 0 Å². The Morgan fingerprint density at radius 2 is 2.00 bits per heavy atom. The van der Waals surface area contributed by atoms with Gasteiger partial charge >= 0.3 is 0 Å². The van der Waals surface area contributed by atoms with Crippen molar-refractivity contribution in [2.45, 2.75) is 13.3 Å². The van der Waals surface area contributed by atoms with Gasteiger partial charge in [-0.05, 0) is 23.8 Å². The quantitative estimate of drug-likeness (QED) is 0.402. The van der Waals surface area contributed by atoms with Crippen LogP contribution in [0.15, 0.2) is 47.1 Å². The van der Waals surface area contributed by atoms with Crippen molar-refractivity contribution in [3.63, 3.8) is 0 Å². The number of Topliss-reactive ketones (excluding diaryl/α,β-unsaturated/α-hetero) is 1. The Balaban J connectivity index is 1.80. The molecule has 2 N–H and O–H groups in total. The van der Waals surface area contributed by atoms with E-state index >= 15 is 0 Å². The van der Waals surface area contributed by atoms with Gasteiger partial charge in [0.1, 0.15) is 11.5 Å². The lowest BCUT2D eigenvalue weighted by Crippen LogP contribution is -2.00. The summed E-state index contributed by atoms with van der Waals surface area (Å²) in [6.07, 6.45) is 2.84. The zero-order valence-electron chi connectivity index (χ0n) is 13.3. The number of tetrazole rings is 1. The summed E-state index contributed by atoms with van der Waals surface area (Å²) >= 11 is 0. The fourth-order valence-electron chi connectivity index (χ4n) is 2.28. The molecule has 0 unspecified atom stereocenters. The summed E-state index contributed by atoms with van der Waals surface area (Å²) in [6.45, 7) is 1.50. The van der Waals surface area contributed by atoms with Crippen molar-refractivity contribution in [3.05, 3.63) is 70.9 Å². The maximum atomic E-state index is 11.9. The number of aromatic nitrogens is 4. The fourth-order valence-corrected chi connectivity index (χ4v) is 2.28. The molecule has 0 saturated heterocycles. The molecule has 3 rings (SSSR count). The lowest BCUT2D eigenvalue weighted by Gasteiger charge is -2.03.